The molecule has 0 aromatic rings. The fourth-order valence-corrected chi connectivity index (χ4v) is 2.29. The summed E-state index contributed by atoms with van der Waals surface area (Å²) in [5.74, 6) is -0.413. The molecule has 6 nitrogen and oxygen atoms in total. The second-order valence-corrected chi connectivity index (χ2v) is 5.23. The number of primary amides is 1. The summed E-state index contributed by atoms with van der Waals surface area (Å²) in [5.41, 5.74) is 5.28. The van der Waals surface area contributed by atoms with Gasteiger partial charge in [0.15, 0.2) is 0 Å². The summed E-state index contributed by atoms with van der Waals surface area (Å²) >= 11 is 0. The Kier molecular flexibility index (Phi) is 6.80. The molecule has 0 bridgehead atoms. The number of nitrogens with zero attached hydrogens (tertiary/aromatic N) is 1. The minimum atomic E-state index is -0.380. The first kappa shape index (κ1) is 15.9. The summed E-state index contributed by atoms with van der Waals surface area (Å²) in [7, 11) is 0. The first-order valence-electron chi connectivity index (χ1n) is 7.05. The van der Waals surface area contributed by atoms with E-state index in [4.69, 9.17) is 5.73 Å². The molecule has 1 aliphatic heterocycles. The third-order valence-corrected chi connectivity index (χ3v) is 3.55. The number of amides is 2. The standard InChI is InChI=1S/C13H26N4O2/c1-3-10(2)16-13(19)9-17(8-12(14)18)11-4-6-15-7-5-11/h10-11,15H,3-9H2,1-2H3,(H2,14,18)(H,16,19). The van der Waals surface area contributed by atoms with Gasteiger partial charge in [0.25, 0.3) is 0 Å². The van der Waals surface area contributed by atoms with Crippen molar-refractivity contribution in [3.8, 4) is 0 Å². The van der Waals surface area contributed by atoms with Gasteiger partial charge < -0.3 is 16.4 Å². The maximum absolute atomic E-state index is 11.9. The third kappa shape index (κ3) is 6.02. The second kappa shape index (κ2) is 8.12. The Morgan fingerprint density at radius 2 is 2.00 bits per heavy atom. The Bertz CT molecular complexity index is 303. The third-order valence-electron chi connectivity index (χ3n) is 3.55. The van der Waals surface area contributed by atoms with Gasteiger partial charge in [0.2, 0.25) is 11.8 Å². The molecule has 1 atom stereocenters. The number of piperidine rings is 1. The van der Waals surface area contributed by atoms with Gasteiger partial charge in [0.05, 0.1) is 13.1 Å². The first-order valence-corrected chi connectivity index (χ1v) is 7.05. The average molecular weight is 270 g/mol. The maximum Gasteiger partial charge on any atom is 0.234 e. The molecule has 0 spiro atoms. The van der Waals surface area contributed by atoms with Gasteiger partial charge in [-0.25, -0.2) is 0 Å². The van der Waals surface area contributed by atoms with Crippen molar-refractivity contribution < 1.29 is 9.59 Å². The van der Waals surface area contributed by atoms with E-state index in [1.54, 1.807) is 0 Å². The van der Waals surface area contributed by atoms with Crippen LogP contribution in [0, 0.1) is 0 Å². The summed E-state index contributed by atoms with van der Waals surface area (Å²) in [4.78, 5) is 25.0. The highest BCUT2D eigenvalue weighted by Crippen LogP contribution is 2.11. The summed E-state index contributed by atoms with van der Waals surface area (Å²) in [6, 6.07) is 0.424. The number of carbonyl (C=O) groups excluding carboxylic acids is 2. The molecule has 1 fully saturated rings. The van der Waals surface area contributed by atoms with Gasteiger partial charge in [0.1, 0.15) is 0 Å². The monoisotopic (exact) mass is 270 g/mol. The van der Waals surface area contributed by atoms with E-state index in [9.17, 15) is 9.59 Å². The van der Waals surface area contributed by atoms with Crippen LogP contribution in [0.25, 0.3) is 0 Å². The topological polar surface area (TPSA) is 87.5 Å². The molecular weight excluding hydrogens is 244 g/mol. The number of hydrogen-bond acceptors (Lipinski definition) is 4. The molecule has 0 aromatic heterocycles. The van der Waals surface area contributed by atoms with Crippen molar-refractivity contribution in [3.05, 3.63) is 0 Å². The van der Waals surface area contributed by atoms with Crippen LogP contribution in [-0.2, 0) is 9.59 Å². The van der Waals surface area contributed by atoms with Crippen LogP contribution in [0.5, 0.6) is 0 Å². The van der Waals surface area contributed by atoms with Crippen molar-refractivity contribution in [2.45, 2.75) is 45.2 Å². The molecule has 6 heteroatoms. The largest absolute Gasteiger partial charge is 0.369 e. The van der Waals surface area contributed by atoms with Gasteiger partial charge in [-0.1, -0.05) is 6.92 Å². The Hall–Kier alpha value is -1.14. The van der Waals surface area contributed by atoms with E-state index in [1.807, 2.05) is 18.7 Å². The SMILES string of the molecule is CCC(C)NC(=O)CN(CC(N)=O)C1CCNCC1. The molecule has 110 valence electrons. The molecule has 0 radical (unpaired) electrons. The van der Waals surface area contributed by atoms with Crippen LogP contribution in [0.15, 0.2) is 0 Å². The van der Waals surface area contributed by atoms with Gasteiger partial charge in [0, 0.05) is 12.1 Å². The van der Waals surface area contributed by atoms with Gasteiger partial charge in [-0.15, -0.1) is 0 Å². The molecule has 0 aliphatic carbocycles. The zero-order valence-corrected chi connectivity index (χ0v) is 11.9. The number of nitrogens with one attached hydrogen (secondary N) is 2. The van der Waals surface area contributed by atoms with Crippen molar-refractivity contribution >= 4 is 11.8 Å². The molecule has 19 heavy (non-hydrogen) atoms. The van der Waals surface area contributed by atoms with E-state index in [-0.39, 0.29) is 37.0 Å². The van der Waals surface area contributed by atoms with E-state index in [2.05, 4.69) is 10.6 Å². The smallest absolute Gasteiger partial charge is 0.234 e. The predicted molar refractivity (Wildman–Crippen MR) is 74.6 cm³/mol. The quantitative estimate of drug-likeness (QED) is 0.579. The first-order chi connectivity index (χ1) is 9.02. The molecule has 0 saturated carbocycles. The Labute approximate surface area is 115 Å². The summed E-state index contributed by atoms with van der Waals surface area (Å²) in [5, 5.41) is 6.20. The van der Waals surface area contributed by atoms with Crippen LogP contribution in [0.2, 0.25) is 0 Å². The van der Waals surface area contributed by atoms with Crippen molar-refractivity contribution in [3.63, 3.8) is 0 Å². The highest BCUT2D eigenvalue weighted by Gasteiger charge is 2.24. The van der Waals surface area contributed by atoms with Crippen LogP contribution in [0.4, 0.5) is 0 Å². The normalized spacial score (nSPS) is 18.3. The second-order valence-electron chi connectivity index (χ2n) is 5.23. The van der Waals surface area contributed by atoms with E-state index in [1.165, 1.54) is 0 Å². The van der Waals surface area contributed by atoms with E-state index in [0.29, 0.717) is 0 Å². The van der Waals surface area contributed by atoms with Crippen molar-refractivity contribution in [1.29, 1.82) is 0 Å². The van der Waals surface area contributed by atoms with Crippen LogP contribution >= 0.6 is 0 Å². The lowest BCUT2D eigenvalue weighted by atomic mass is 10.0. The fraction of sp³-hybridized carbons (Fsp3) is 0.846. The molecule has 1 unspecified atom stereocenters. The highest BCUT2D eigenvalue weighted by molar-refractivity contribution is 5.80. The van der Waals surface area contributed by atoms with Gasteiger partial charge in [-0.05, 0) is 39.3 Å². The zero-order valence-electron chi connectivity index (χ0n) is 11.9. The van der Waals surface area contributed by atoms with E-state index < -0.39 is 0 Å². The van der Waals surface area contributed by atoms with Gasteiger partial charge in [-0.3, -0.25) is 14.5 Å². The van der Waals surface area contributed by atoms with Gasteiger partial charge >= 0.3 is 0 Å². The number of hydrogen-bond donors (Lipinski definition) is 3. The number of nitrogens with two attached hydrogens (primary N) is 1. The molecule has 1 heterocycles. The molecule has 1 aliphatic rings. The lowest BCUT2D eigenvalue weighted by Gasteiger charge is -2.33. The van der Waals surface area contributed by atoms with E-state index >= 15 is 0 Å². The summed E-state index contributed by atoms with van der Waals surface area (Å²) < 4.78 is 0. The van der Waals surface area contributed by atoms with Crippen LogP contribution < -0.4 is 16.4 Å². The van der Waals surface area contributed by atoms with Crippen LogP contribution in [0.1, 0.15) is 33.1 Å². The van der Waals surface area contributed by atoms with Gasteiger partial charge in [-0.2, -0.15) is 0 Å². The lowest BCUT2D eigenvalue weighted by molar-refractivity contribution is -0.125. The molecular formula is C13H26N4O2. The Balaban J connectivity index is 2.52. The van der Waals surface area contributed by atoms with Crippen molar-refractivity contribution in [2.75, 3.05) is 26.2 Å². The predicted octanol–water partition coefficient (Wildman–Crippen LogP) is -0.560. The minimum absolute atomic E-state index is 0.0332. The molecule has 2 amide bonds. The molecule has 4 N–H and O–H groups in total. The molecule has 0 aromatic carbocycles. The Morgan fingerprint density at radius 1 is 1.37 bits per heavy atom. The maximum atomic E-state index is 11.9. The zero-order chi connectivity index (χ0) is 14.3. The minimum Gasteiger partial charge on any atom is -0.369 e. The molecule has 1 saturated heterocycles. The van der Waals surface area contributed by atoms with Crippen LogP contribution in [-0.4, -0.2) is 55.0 Å². The van der Waals surface area contributed by atoms with Crippen molar-refractivity contribution in [2.24, 2.45) is 5.73 Å². The Morgan fingerprint density at radius 3 is 2.53 bits per heavy atom. The van der Waals surface area contributed by atoms with Crippen molar-refractivity contribution in [1.82, 2.24) is 15.5 Å². The van der Waals surface area contributed by atoms with Crippen LogP contribution in [0.3, 0.4) is 0 Å². The number of carbonyl (C=O) groups is 2. The lowest BCUT2D eigenvalue weighted by Crippen LogP contribution is -2.50. The average Bonchev–Trinajstić information content (AvgIpc) is 2.38. The summed E-state index contributed by atoms with van der Waals surface area (Å²) in [6.45, 7) is 6.25. The van der Waals surface area contributed by atoms with E-state index in [0.717, 1.165) is 32.4 Å². The fourth-order valence-electron chi connectivity index (χ4n) is 2.29. The molecule has 1 rings (SSSR count). The summed E-state index contributed by atoms with van der Waals surface area (Å²) in [6.07, 6.45) is 2.79. The number of rotatable bonds is 7. The highest BCUT2D eigenvalue weighted by atomic mass is 16.2.